The first-order valence-electron chi connectivity index (χ1n) is 10.6. The van der Waals surface area contributed by atoms with Crippen molar-refractivity contribution in [2.75, 3.05) is 43.6 Å². The normalized spacial score (nSPS) is 12.2. The third kappa shape index (κ3) is 5.86. The monoisotopic (exact) mass is 493 g/mol. The maximum atomic E-state index is 13.2. The van der Waals surface area contributed by atoms with Crippen LogP contribution in [-0.4, -0.2) is 54.5 Å². The van der Waals surface area contributed by atoms with Gasteiger partial charge in [0.05, 0.1) is 10.2 Å². The summed E-state index contributed by atoms with van der Waals surface area (Å²) >= 11 is 3.24. The number of carbonyl (C=O) groups excluding carboxylic acids is 1. The second-order valence-corrected chi connectivity index (χ2v) is 9.33. The molecular weight excluding hydrogens is 466 g/mol. The highest BCUT2D eigenvalue weighted by Gasteiger charge is 2.22. The van der Waals surface area contributed by atoms with E-state index in [2.05, 4.69) is 30.9 Å². The number of thiazole rings is 1. The van der Waals surface area contributed by atoms with Crippen LogP contribution in [0.2, 0.25) is 0 Å². The lowest BCUT2D eigenvalue weighted by molar-refractivity contribution is -0.118. The Morgan fingerprint density at radius 2 is 1.81 bits per heavy atom. The van der Waals surface area contributed by atoms with Crippen molar-refractivity contribution in [1.29, 1.82) is 0 Å². The molecule has 0 spiro atoms. The molecule has 0 bridgehead atoms. The highest BCUT2D eigenvalue weighted by molar-refractivity contribution is 7.99. The average Bonchev–Trinajstić information content (AvgIpc) is 3.41. The van der Waals surface area contributed by atoms with Crippen LogP contribution in [0.15, 0.2) is 47.4 Å². The van der Waals surface area contributed by atoms with Crippen molar-refractivity contribution in [2.45, 2.75) is 25.2 Å². The summed E-state index contributed by atoms with van der Waals surface area (Å²) in [6, 6.07) is 14.0. The highest BCUT2D eigenvalue weighted by atomic mass is 35.5. The predicted molar refractivity (Wildman–Crippen MR) is 135 cm³/mol. The molecule has 3 aromatic rings. The van der Waals surface area contributed by atoms with Gasteiger partial charge in [-0.2, -0.15) is 0 Å². The summed E-state index contributed by atoms with van der Waals surface area (Å²) in [5.74, 6) is 2.30. The van der Waals surface area contributed by atoms with E-state index in [0.29, 0.717) is 18.7 Å². The molecule has 9 heteroatoms. The minimum absolute atomic E-state index is 0. The molecule has 0 atom stereocenters. The third-order valence-corrected chi connectivity index (χ3v) is 7.32. The van der Waals surface area contributed by atoms with Crippen LogP contribution in [0.25, 0.3) is 10.2 Å². The number of halogens is 1. The molecular formula is C23H28ClN3O3S2. The van der Waals surface area contributed by atoms with E-state index in [9.17, 15) is 4.79 Å². The lowest BCUT2D eigenvalue weighted by atomic mass is 10.3. The Morgan fingerprint density at radius 1 is 1.09 bits per heavy atom. The quantitative estimate of drug-likeness (QED) is 0.357. The number of nitrogens with zero attached hydrogens (tertiary/aromatic N) is 3. The number of hydrogen-bond acceptors (Lipinski definition) is 7. The van der Waals surface area contributed by atoms with Crippen LogP contribution in [0.4, 0.5) is 5.13 Å². The van der Waals surface area contributed by atoms with Gasteiger partial charge in [-0.25, -0.2) is 4.98 Å². The summed E-state index contributed by atoms with van der Waals surface area (Å²) in [6.07, 6.45) is 0.469. The molecule has 0 saturated heterocycles. The number of anilines is 1. The van der Waals surface area contributed by atoms with Gasteiger partial charge < -0.3 is 14.4 Å². The molecule has 0 aliphatic carbocycles. The summed E-state index contributed by atoms with van der Waals surface area (Å²) < 4.78 is 12.0. The topological polar surface area (TPSA) is 54.9 Å². The number of benzene rings is 2. The number of ether oxygens (including phenoxy) is 2. The van der Waals surface area contributed by atoms with Crippen molar-refractivity contribution in [2.24, 2.45) is 0 Å². The number of amides is 1. The number of fused-ring (bicyclic) bond motifs is 2. The number of carbonyl (C=O) groups is 1. The Bertz CT molecular complexity index is 987. The van der Waals surface area contributed by atoms with Crippen molar-refractivity contribution < 1.29 is 14.3 Å². The molecule has 1 aliphatic heterocycles. The standard InChI is InChI=1S/C23H27N3O3S2.ClH/c1-3-25(4-2)11-12-26(22(27)10-13-30-17-8-6-5-7-9-17)23-24-18-14-19-20(29-16-28-19)15-21(18)31-23;/h5-9,14-15H,3-4,10-13,16H2,1-2H3;1H. The number of rotatable bonds is 10. The van der Waals surface area contributed by atoms with E-state index in [1.165, 1.54) is 16.2 Å². The van der Waals surface area contributed by atoms with Gasteiger partial charge in [0.15, 0.2) is 16.6 Å². The van der Waals surface area contributed by atoms with Crippen molar-refractivity contribution >= 4 is 56.8 Å². The van der Waals surface area contributed by atoms with Gasteiger partial charge in [0.2, 0.25) is 12.7 Å². The zero-order valence-corrected chi connectivity index (χ0v) is 20.7. The molecule has 0 unspecified atom stereocenters. The number of aromatic nitrogens is 1. The van der Waals surface area contributed by atoms with Gasteiger partial charge in [-0.05, 0) is 25.2 Å². The summed E-state index contributed by atoms with van der Waals surface area (Å²) in [5.41, 5.74) is 0.837. The van der Waals surface area contributed by atoms with Gasteiger partial charge in [-0.1, -0.05) is 43.4 Å². The Morgan fingerprint density at radius 3 is 2.53 bits per heavy atom. The SMILES string of the molecule is CCN(CC)CCN(C(=O)CCSc1ccccc1)c1nc2cc3c(cc2s1)OCO3.Cl. The first-order chi connectivity index (χ1) is 15.2. The first kappa shape index (κ1) is 24.6. The van der Waals surface area contributed by atoms with Crippen LogP contribution in [0, 0.1) is 0 Å². The maximum absolute atomic E-state index is 13.2. The van der Waals surface area contributed by atoms with Crippen LogP contribution in [0.3, 0.4) is 0 Å². The minimum atomic E-state index is 0. The van der Waals surface area contributed by atoms with Gasteiger partial charge in [0, 0.05) is 42.3 Å². The lowest BCUT2D eigenvalue weighted by Crippen LogP contribution is -2.39. The molecule has 2 heterocycles. The number of hydrogen-bond donors (Lipinski definition) is 0. The molecule has 0 fully saturated rings. The van der Waals surface area contributed by atoms with Crippen molar-refractivity contribution in [3.8, 4) is 11.5 Å². The van der Waals surface area contributed by atoms with Crippen molar-refractivity contribution in [3.63, 3.8) is 0 Å². The van der Waals surface area contributed by atoms with E-state index in [4.69, 9.17) is 14.5 Å². The second kappa shape index (κ2) is 11.7. The van der Waals surface area contributed by atoms with E-state index in [-0.39, 0.29) is 25.1 Å². The fraction of sp³-hybridized carbons (Fsp3) is 0.391. The summed E-state index contributed by atoms with van der Waals surface area (Å²) in [7, 11) is 0. The van der Waals surface area contributed by atoms with Gasteiger partial charge >= 0.3 is 0 Å². The van der Waals surface area contributed by atoms with Gasteiger partial charge in [-0.15, -0.1) is 24.2 Å². The summed E-state index contributed by atoms with van der Waals surface area (Å²) in [6.45, 7) is 7.91. The summed E-state index contributed by atoms with van der Waals surface area (Å²) in [4.78, 5) is 23.3. The van der Waals surface area contributed by atoms with E-state index < -0.39 is 0 Å². The van der Waals surface area contributed by atoms with Crippen LogP contribution in [0.5, 0.6) is 11.5 Å². The molecule has 6 nitrogen and oxygen atoms in total. The lowest BCUT2D eigenvalue weighted by Gasteiger charge is -2.24. The number of likely N-dealkylation sites (N-methyl/N-ethyl adjacent to an activating group) is 1. The smallest absolute Gasteiger partial charge is 0.231 e. The molecule has 0 saturated carbocycles. The summed E-state index contributed by atoms with van der Waals surface area (Å²) in [5, 5.41) is 0.737. The van der Waals surface area contributed by atoms with Gasteiger partial charge in [-0.3, -0.25) is 9.69 Å². The van der Waals surface area contributed by atoms with E-state index in [1.54, 1.807) is 11.8 Å². The second-order valence-electron chi connectivity index (χ2n) is 7.15. The van der Waals surface area contributed by atoms with Gasteiger partial charge in [0.1, 0.15) is 0 Å². The molecule has 0 N–H and O–H groups in total. The largest absolute Gasteiger partial charge is 0.454 e. The molecule has 1 amide bonds. The predicted octanol–water partition coefficient (Wildman–Crippen LogP) is 5.30. The zero-order chi connectivity index (χ0) is 21.6. The molecule has 32 heavy (non-hydrogen) atoms. The fourth-order valence-corrected chi connectivity index (χ4v) is 5.32. The van der Waals surface area contributed by atoms with E-state index in [1.807, 2.05) is 35.2 Å². The Kier molecular flexibility index (Phi) is 9.04. The zero-order valence-electron chi connectivity index (χ0n) is 18.3. The molecule has 1 aromatic heterocycles. The maximum Gasteiger partial charge on any atom is 0.231 e. The highest BCUT2D eigenvalue weighted by Crippen LogP contribution is 2.39. The van der Waals surface area contributed by atoms with E-state index in [0.717, 1.165) is 46.5 Å². The van der Waals surface area contributed by atoms with Crippen LogP contribution < -0.4 is 14.4 Å². The molecule has 4 rings (SSSR count). The van der Waals surface area contributed by atoms with Crippen LogP contribution >= 0.6 is 35.5 Å². The minimum Gasteiger partial charge on any atom is -0.454 e. The molecule has 2 aromatic carbocycles. The third-order valence-electron chi connectivity index (χ3n) is 5.27. The molecule has 0 radical (unpaired) electrons. The average molecular weight is 494 g/mol. The first-order valence-corrected chi connectivity index (χ1v) is 12.4. The van der Waals surface area contributed by atoms with Crippen LogP contribution in [-0.2, 0) is 4.79 Å². The van der Waals surface area contributed by atoms with Gasteiger partial charge in [0.25, 0.3) is 0 Å². The molecule has 1 aliphatic rings. The number of thioether (sulfide) groups is 1. The van der Waals surface area contributed by atoms with Crippen molar-refractivity contribution in [1.82, 2.24) is 9.88 Å². The Labute approximate surface area is 203 Å². The Hall–Kier alpha value is -2.00. The van der Waals surface area contributed by atoms with Crippen LogP contribution in [0.1, 0.15) is 20.3 Å². The fourth-order valence-electron chi connectivity index (χ4n) is 3.44. The van der Waals surface area contributed by atoms with E-state index >= 15 is 0 Å². The van der Waals surface area contributed by atoms with Crippen molar-refractivity contribution in [3.05, 3.63) is 42.5 Å². The Balaban J connectivity index is 0.00000289. The molecule has 172 valence electrons.